The van der Waals surface area contributed by atoms with Gasteiger partial charge in [-0.2, -0.15) is 4.98 Å². The van der Waals surface area contributed by atoms with Gasteiger partial charge < -0.3 is 10.6 Å². The quantitative estimate of drug-likeness (QED) is 0.345. The number of imidazole rings is 1. The molecule has 2 N–H and O–H groups in total. The number of halogens is 1. The van der Waals surface area contributed by atoms with Gasteiger partial charge in [0.15, 0.2) is 5.65 Å². The third kappa shape index (κ3) is 4.66. The minimum Gasteiger partial charge on any atom is -0.351 e. The van der Waals surface area contributed by atoms with Gasteiger partial charge in [0.25, 0.3) is 0 Å². The van der Waals surface area contributed by atoms with Gasteiger partial charge in [-0.25, -0.2) is 14.4 Å². The van der Waals surface area contributed by atoms with Crippen LogP contribution in [-0.2, 0) is 0 Å². The summed E-state index contributed by atoms with van der Waals surface area (Å²) >= 11 is 0. The number of nitrogens with zero attached hydrogens (tertiary/aromatic N) is 4. The number of benzene rings is 2. The minimum absolute atomic E-state index is 0.330. The summed E-state index contributed by atoms with van der Waals surface area (Å²) in [5, 5.41) is 6.59. The van der Waals surface area contributed by atoms with Gasteiger partial charge in [-0.05, 0) is 37.1 Å². The standard InChI is InChI=1S/C24H27FN6/c1-3-10-17(11-4-2)27-23-26-16-21-22(30-23)31(18-12-6-5-7-13-18)24(29-21)28-20-15-9-8-14-19(20)25/h5-9,12-17H,3-4,10-11H2,1-2H3,(H,28,29)(H,26,27,30). The van der Waals surface area contributed by atoms with Gasteiger partial charge in [-0.15, -0.1) is 0 Å². The van der Waals surface area contributed by atoms with E-state index in [2.05, 4.69) is 34.4 Å². The summed E-state index contributed by atoms with van der Waals surface area (Å²) in [6, 6.07) is 16.7. The zero-order chi connectivity index (χ0) is 21.6. The molecule has 0 radical (unpaired) electrons. The number of hydrogen-bond acceptors (Lipinski definition) is 5. The molecule has 160 valence electrons. The molecule has 2 heterocycles. The van der Waals surface area contributed by atoms with Crippen LogP contribution < -0.4 is 10.6 Å². The summed E-state index contributed by atoms with van der Waals surface area (Å²) in [5.74, 6) is 0.718. The van der Waals surface area contributed by atoms with Gasteiger partial charge in [-0.1, -0.05) is 57.0 Å². The van der Waals surface area contributed by atoms with Crippen LogP contribution in [0.5, 0.6) is 0 Å². The van der Waals surface area contributed by atoms with Gasteiger partial charge in [0.05, 0.1) is 17.6 Å². The Bertz CT molecular complexity index is 1140. The first kappa shape index (κ1) is 20.8. The van der Waals surface area contributed by atoms with Gasteiger partial charge in [0.2, 0.25) is 11.9 Å². The predicted molar refractivity (Wildman–Crippen MR) is 124 cm³/mol. The second-order valence-electron chi connectivity index (χ2n) is 7.53. The van der Waals surface area contributed by atoms with Gasteiger partial charge in [0, 0.05) is 6.04 Å². The Hall–Kier alpha value is -3.48. The van der Waals surface area contributed by atoms with Crippen LogP contribution in [0.25, 0.3) is 16.9 Å². The molecule has 0 atom stereocenters. The van der Waals surface area contributed by atoms with Crippen molar-refractivity contribution in [3.63, 3.8) is 0 Å². The second-order valence-corrected chi connectivity index (χ2v) is 7.53. The van der Waals surface area contributed by atoms with Crippen molar-refractivity contribution < 1.29 is 4.39 Å². The lowest BCUT2D eigenvalue weighted by atomic mass is 10.1. The van der Waals surface area contributed by atoms with E-state index in [1.165, 1.54) is 6.07 Å². The van der Waals surface area contributed by atoms with Crippen molar-refractivity contribution >= 4 is 28.7 Å². The molecule has 0 spiro atoms. The van der Waals surface area contributed by atoms with E-state index in [1.54, 1.807) is 24.4 Å². The maximum Gasteiger partial charge on any atom is 0.224 e. The van der Waals surface area contributed by atoms with Crippen LogP contribution in [0.1, 0.15) is 39.5 Å². The smallest absolute Gasteiger partial charge is 0.224 e. The van der Waals surface area contributed by atoms with Crippen LogP contribution >= 0.6 is 0 Å². The van der Waals surface area contributed by atoms with Crippen molar-refractivity contribution in [2.75, 3.05) is 10.6 Å². The lowest BCUT2D eigenvalue weighted by molar-refractivity contribution is 0.582. The van der Waals surface area contributed by atoms with E-state index in [0.717, 1.165) is 31.4 Å². The Morgan fingerprint density at radius 1 is 0.935 bits per heavy atom. The SMILES string of the molecule is CCCC(CCC)Nc1ncc2nc(Nc3ccccc3F)n(-c3ccccc3)c2n1. The Morgan fingerprint density at radius 3 is 2.35 bits per heavy atom. The van der Waals surface area contributed by atoms with Gasteiger partial charge in [-0.3, -0.25) is 4.57 Å². The normalized spacial score (nSPS) is 11.2. The van der Waals surface area contributed by atoms with Gasteiger partial charge in [0.1, 0.15) is 11.3 Å². The Morgan fingerprint density at radius 2 is 1.65 bits per heavy atom. The molecular formula is C24H27FN6. The van der Waals surface area contributed by atoms with E-state index in [-0.39, 0.29) is 5.82 Å². The fraction of sp³-hybridized carbons (Fsp3) is 0.292. The number of aromatic nitrogens is 4. The van der Waals surface area contributed by atoms with Crippen LogP contribution in [0.15, 0.2) is 60.8 Å². The first-order valence-electron chi connectivity index (χ1n) is 10.8. The lowest BCUT2D eigenvalue weighted by Crippen LogP contribution is -2.20. The lowest BCUT2D eigenvalue weighted by Gasteiger charge is -2.17. The van der Waals surface area contributed by atoms with E-state index in [4.69, 9.17) is 4.98 Å². The monoisotopic (exact) mass is 418 g/mol. The van der Waals surface area contributed by atoms with Crippen molar-refractivity contribution in [1.82, 2.24) is 19.5 Å². The predicted octanol–water partition coefficient (Wildman–Crippen LogP) is 6.08. The maximum absolute atomic E-state index is 14.3. The molecule has 0 bridgehead atoms. The van der Waals surface area contributed by atoms with Crippen molar-refractivity contribution in [3.8, 4) is 5.69 Å². The van der Waals surface area contributed by atoms with E-state index in [1.807, 2.05) is 34.9 Å². The summed E-state index contributed by atoms with van der Waals surface area (Å²) in [4.78, 5) is 13.9. The number of nitrogens with one attached hydrogen (secondary N) is 2. The summed E-state index contributed by atoms with van der Waals surface area (Å²) in [7, 11) is 0. The maximum atomic E-state index is 14.3. The third-order valence-electron chi connectivity index (χ3n) is 5.14. The highest BCUT2D eigenvalue weighted by Gasteiger charge is 2.17. The van der Waals surface area contributed by atoms with Crippen LogP contribution in [0.3, 0.4) is 0 Å². The largest absolute Gasteiger partial charge is 0.351 e. The second kappa shape index (κ2) is 9.55. The van der Waals surface area contributed by atoms with E-state index < -0.39 is 0 Å². The molecule has 0 fully saturated rings. The Balaban J connectivity index is 1.78. The molecule has 0 amide bonds. The molecular weight excluding hydrogens is 391 g/mol. The molecule has 0 aliphatic heterocycles. The highest BCUT2D eigenvalue weighted by Crippen LogP contribution is 2.27. The van der Waals surface area contributed by atoms with Crippen LogP contribution in [-0.4, -0.2) is 25.6 Å². The van der Waals surface area contributed by atoms with Crippen molar-refractivity contribution in [3.05, 3.63) is 66.6 Å². The number of rotatable bonds is 9. The summed E-state index contributed by atoms with van der Waals surface area (Å²) in [6.45, 7) is 4.36. The molecule has 31 heavy (non-hydrogen) atoms. The molecule has 0 aliphatic carbocycles. The molecule has 7 heteroatoms. The van der Waals surface area contributed by atoms with E-state index in [9.17, 15) is 4.39 Å². The molecule has 4 aromatic rings. The van der Waals surface area contributed by atoms with Crippen molar-refractivity contribution in [1.29, 1.82) is 0 Å². The number of anilines is 3. The fourth-order valence-corrected chi connectivity index (χ4v) is 3.70. The first-order chi connectivity index (χ1) is 15.2. The van der Waals surface area contributed by atoms with Crippen molar-refractivity contribution in [2.24, 2.45) is 0 Å². The molecule has 0 aliphatic rings. The number of para-hydroxylation sites is 2. The molecule has 6 nitrogen and oxygen atoms in total. The third-order valence-corrected chi connectivity index (χ3v) is 5.14. The molecule has 0 saturated carbocycles. The minimum atomic E-state index is -0.343. The van der Waals surface area contributed by atoms with Crippen molar-refractivity contribution in [2.45, 2.75) is 45.6 Å². The molecule has 2 aromatic heterocycles. The summed E-state index contributed by atoms with van der Waals surface area (Å²) < 4.78 is 16.2. The van der Waals surface area contributed by atoms with E-state index in [0.29, 0.717) is 34.8 Å². The highest BCUT2D eigenvalue weighted by molar-refractivity contribution is 5.79. The average Bonchev–Trinajstić information content (AvgIpc) is 3.13. The fourth-order valence-electron chi connectivity index (χ4n) is 3.70. The van der Waals surface area contributed by atoms with Crippen LogP contribution in [0, 0.1) is 5.82 Å². The average molecular weight is 419 g/mol. The Labute approximate surface area is 181 Å². The Kier molecular flexibility index (Phi) is 6.40. The van der Waals surface area contributed by atoms with Gasteiger partial charge >= 0.3 is 0 Å². The highest BCUT2D eigenvalue weighted by atomic mass is 19.1. The molecule has 0 saturated heterocycles. The molecule has 2 aromatic carbocycles. The number of fused-ring (bicyclic) bond motifs is 1. The van der Waals surface area contributed by atoms with E-state index >= 15 is 0 Å². The van der Waals surface area contributed by atoms with Crippen LogP contribution in [0.2, 0.25) is 0 Å². The number of hydrogen-bond donors (Lipinski definition) is 2. The zero-order valence-electron chi connectivity index (χ0n) is 17.8. The molecule has 0 unspecified atom stereocenters. The topological polar surface area (TPSA) is 67.7 Å². The zero-order valence-corrected chi connectivity index (χ0v) is 17.8. The van der Waals surface area contributed by atoms with Crippen LogP contribution in [0.4, 0.5) is 22.0 Å². The summed E-state index contributed by atoms with van der Waals surface area (Å²) in [6.07, 6.45) is 6.03. The first-order valence-corrected chi connectivity index (χ1v) is 10.8. The summed E-state index contributed by atoms with van der Waals surface area (Å²) in [5.41, 5.74) is 2.53. The molecule has 4 rings (SSSR count).